The topological polar surface area (TPSA) is 116 Å². The first-order chi connectivity index (χ1) is 22.4. The number of imidazole rings is 1. The van der Waals surface area contributed by atoms with Crippen molar-refractivity contribution >= 4 is 30.3 Å². The molecular weight excluding hydrogens is 593 g/mol. The van der Waals surface area contributed by atoms with Crippen LogP contribution in [0.25, 0.3) is 5.65 Å². The predicted octanol–water partition coefficient (Wildman–Crippen LogP) is 4.93. The molecule has 8 rings (SSSR count). The first kappa shape index (κ1) is 31.9. The quantitative estimate of drug-likeness (QED) is 0.304. The summed E-state index contributed by atoms with van der Waals surface area (Å²) in [6, 6.07) is 13.4. The lowest BCUT2D eigenvalue weighted by Crippen LogP contribution is -2.65. The number of amides is 2. The van der Waals surface area contributed by atoms with E-state index in [1.165, 1.54) is 6.42 Å². The number of carbonyl (C=O) groups excluding carboxylic acids is 2. The lowest BCUT2D eigenvalue weighted by molar-refractivity contribution is -0.199. The fourth-order valence-electron chi connectivity index (χ4n) is 8.57. The van der Waals surface area contributed by atoms with Crippen molar-refractivity contribution in [1.82, 2.24) is 20.0 Å². The SMILES string of the molecule is Cc1cn2cccc(C(=O)NCC3=NOC(Cc4ccccc4)(C(=O)N[C@@H](CC(C)C)B4O[C@@H]5C[C@@H]6C[C@@H](C6(C)C)[C@]5(C)O4)C3)c2n1. The van der Waals surface area contributed by atoms with Crippen LogP contribution in [-0.4, -0.2) is 63.8 Å². The van der Waals surface area contributed by atoms with E-state index in [1.54, 1.807) is 6.07 Å². The summed E-state index contributed by atoms with van der Waals surface area (Å²) in [6.07, 6.45) is 7.17. The molecule has 10 nitrogen and oxygen atoms in total. The van der Waals surface area contributed by atoms with Gasteiger partial charge in [-0.25, -0.2) is 4.98 Å². The van der Waals surface area contributed by atoms with Crippen LogP contribution in [0.2, 0.25) is 0 Å². The zero-order valence-electron chi connectivity index (χ0n) is 28.3. The third kappa shape index (κ3) is 5.65. The lowest BCUT2D eigenvalue weighted by Gasteiger charge is -2.64. The number of aryl methyl sites for hydroxylation is 1. The second-order valence-electron chi connectivity index (χ2n) is 15.3. The summed E-state index contributed by atoms with van der Waals surface area (Å²) in [5.74, 6) is 0.484. The molecule has 4 fully saturated rings. The lowest BCUT2D eigenvalue weighted by atomic mass is 9.43. The third-order valence-electron chi connectivity index (χ3n) is 11.2. The third-order valence-corrected chi connectivity index (χ3v) is 11.2. The van der Waals surface area contributed by atoms with Gasteiger partial charge in [0.2, 0.25) is 5.60 Å². The van der Waals surface area contributed by atoms with Gasteiger partial charge in [0, 0.05) is 25.2 Å². The van der Waals surface area contributed by atoms with E-state index >= 15 is 0 Å². The second kappa shape index (κ2) is 11.8. The van der Waals surface area contributed by atoms with Crippen molar-refractivity contribution in [2.24, 2.45) is 28.3 Å². The molecule has 2 N–H and O–H groups in total. The number of nitrogens with one attached hydrogen (secondary N) is 2. The molecule has 3 aliphatic carbocycles. The van der Waals surface area contributed by atoms with Gasteiger partial charge in [0.15, 0.2) is 0 Å². The van der Waals surface area contributed by atoms with Gasteiger partial charge in [0.05, 0.1) is 41.2 Å². The highest BCUT2D eigenvalue weighted by atomic mass is 16.7. The molecule has 4 heterocycles. The molecule has 0 spiro atoms. The predicted molar refractivity (Wildman–Crippen MR) is 180 cm³/mol. The summed E-state index contributed by atoms with van der Waals surface area (Å²) in [6.45, 7) is 13.2. The van der Waals surface area contributed by atoms with Crippen LogP contribution < -0.4 is 10.6 Å². The molecule has 11 heteroatoms. The van der Waals surface area contributed by atoms with Crippen molar-refractivity contribution in [2.45, 2.75) is 96.9 Å². The van der Waals surface area contributed by atoms with E-state index in [0.717, 1.165) is 17.7 Å². The Hall–Kier alpha value is -3.70. The van der Waals surface area contributed by atoms with E-state index in [9.17, 15) is 9.59 Å². The average molecular weight is 640 g/mol. The zero-order chi connectivity index (χ0) is 33.1. The Kier molecular flexibility index (Phi) is 7.98. The van der Waals surface area contributed by atoms with Crippen molar-refractivity contribution in [1.29, 1.82) is 0 Å². The van der Waals surface area contributed by atoms with Gasteiger partial charge < -0.3 is 29.2 Å². The van der Waals surface area contributed by atoms with Crippen LogP contribution in [0, 0.1) is 30.1 Å². The van der Waals surface area contributed by atoms with E-state index in [2.05, 4.69) is 55.4 Å². The monoisotopic (exact) mass is 639 g/mol. The summed E-state index contributed by atoms with van der Waals surface area (Å²) in [7, 11) is -0.546. The molecule has 3 aromatic rings. The highest BCUT2D eigenvalue weighted by molar-refractivity contribution is 6.48. The van der Waals surface area contributed by atoms with E-state index in [0.29, 0.717) is 47.5 Å². The zero-order valence-corrected chi connectivity index (χ0v) is 28.3. The van der Waals surface area contributed by atoms with Gasteiger partial charge in [-0.2, -0.15) is 0 Å². The number of rotatable bonds is 10. The summed E-state index contributed by atoms with van der Waals surface area (Å²) >= 11 is 0. The fraction of sp³-hybridized carbons (Fsp3) is 0.556. The van der Waals surface area contributed by atoms with Crippen molar-refractivity contribution < 1.29 is 23.7 Å². The molecule has 47 heavy (non-hydrogen) atoms. The van der Waals surface area contributed by atoms with Crippen molar-refractivity contribution in [2.75, 3.05) is 6.54 Å². The second-order valence-corrected chi connectivity index (χ2v) is 15.3. The minimum atomic E-state index is -1.28. The maximum atomic E-state index is 14.4. The molecule has 1 saturated heterocycles. The number of carbonyl (C=O) groups is 2. The number of hydrogen-bond donors (Lipinski definition) is 2. The number of pyridine rings is 1. The summed E-state index contributed by atoms with van der Waals surface area (Å²) in [5, 5.41) is 10.6. The molecule has 2 bridgehead atoms. The van der Waals surface area contributed by atoms with Crippen molar-refractivity contribution in [3.63, 3.8) is 0 Å². The molecule has 248 valence electrons. The number of benzene rings is 1. The van der Waals surface area contributed by atoms with Crippen LogP contribution in [0.3, 0.4) is 0 Å². The number of aromatic nitrogens is 2. The fourth-order valence-corrected chi connectivity index (χ4v) is 8.57. The van der Waals surface area contributed by atoms with Gasteiger partial charge in [-0.3, -0.25) is 9.59 Å². The van der Waals surface area contributed by atoms with E-state index < -0.39 is 12.7 Å². The van der Waals surface area contributed by atoms with E-state index in [-0.39, 0.29) is 47.8 Å². The molecule has 1 unspecified atom stereocenters. The summed E-state index contributed by atoms with van der Waals surface area (Å²) in [4.78, 5) is 38.3. The van der Waals surface area contributed by atoms with Crippen LogP contribution in [0.4, 0.5) is 0 Å². The van der Waals surface area contributed by atoms with Gasteiger partial charge in [-0.1, -0.05) is 63.2 Å². The summed E-state index contributed by atoms with van der Waals surface area (Å²) in [5.41, 5.74) is 2.00. The van der Waals surface area contributed by atoms with Crippen LogP contribution in [0.5, 0.6) is 0 Å². The molecule has 2 aromatic heterocycles. The Morgan fingerprint density at radius 3 is 2.64 bits per heavy atom. The first-order valence-electron chi connectivity index (χ1n) is 17.0. The first-order valence-corrected chi connectivity index (χ1v) is 17.0. The largest absolute Gasteiger partial charge is 0.481 e. The molecule has 1 aromatic carbocycles. The molecule has 2 amide bonds. The summed E-state index contributed by atoms with van der Waals surface area (Å²) < 4.78 is 15.3. The van der Waals surface area contributed by atoms with Crippen LogP contribution in [-0.2, 0) is 25.4 Å². The Morgan fingerprint density at radius 2 is 1.89 bits per heavy atom. The standard InChI is InChI=1S/C36H46BN5O5/c1-22(2)15-30(37-45-29-17-25-16-28(34(25,4)5)35(29,6)46-37)40-33(44)36(18-24-11-8-7-9-12-24)19-26(41-47-36)20-38-32(43)27-13-10-14-42-21-23(3)39-31(27)42/h7-14,21-22,25,28-30H,15-20H2,1-6H3,(H,38,43)(H,40,44)/t25-,28-,29+,30-,35-,36?/m0/s1. The average Bonchev–Trinajstić information content (AvgIpc) is 3.73. The Bertz CT molecular complexity index is 1710. The Morgan fingerprint density at radius 1 is 1.11 bits per heavy atom. The van der Waals surface area contributed by atoms with Crippen molar-refractivity contribution in [3.05, 3.63) is 71.7 Å². The molecule has 0 radical (unpaired) electrons. The Labute approximate surface area is 277 Å². The molecule has 5 aliphatic rings. The van der Waals surface area contributed by atoms with Gasteiger partial charge in [-0.05, 0) is 74.0 Å². The number of fused-ring (bicyclic) bond motifs is 1. The van der Waals surface area contributed by atoms with Crippen LogP contribution >= 0.6 is 0 Å². The van der Waals surface area contributed by atoms with Gasteiger partial charge >= 0.3 is 7.12 Å². The molecule has 6 atom stereocenters. The normalized spacial score (nSPS) is 29.6. The minimum Gasteiger partial charge on any atom is -0.404 e. The van der Waals surface area contributed by atoms with Gasteiger partial charge in [0.25, 0.3) is 11.8 Å². The maximum absolute atomic E-state index is 14.4. The van der Waals surface area contributed by atoms with E-state index in [4.69, 9.17) is 14.1 Å². The van der Waals surface area contributed by atoms with Gasteiger partial charge in [-0.15, -0.1) is 0 Å². The number of hydrogen-bond acceptors (Lipinski definition) is 7. The number of nitrogens with zero attached hydrogens (tertiary/aromatic N) is 3. The Balaban J connectivity index is 1.08. The smallest absolute Gasteiger partial charge is 0.404 e. The molecular formula is C36H46BN5O5. The van der Waals surface area contributed by atoms with Crippen LogP contribution in [0.15, 0.2) is 60.0 Å². The van der Waals surface area contributed by atoms with Crippen LogP contribution in [0.1, 0.15) is 81.9 Å². The van der Waals surface area contributed by atoms with Gasteiger partial charge in [0.1, 0.15) is 5.65 Å². The highest BCUT2D eigenvalue weighted by Gasteiger charge is 2.68. The van der Waals surface area contributed by atoms with E-state index in [1.807, 2.05) is 60.1 Å². The maximum Gasteiger partial charge on any atom is 0.481 e. The highest BCUT2D eigenvalue weighted by Crippen LogP contribution is 2.65. The minimum absolute atomic E-state index is 0.0205. The number of oxime groups is 1. The van der Waals surface area contributed by atoms with Crippen molar-refractivity contribution in [3.8, 4) is 0 Å². The molecule has 3 saturated carbocycles. The molecule has 2 aliphatic heterocycles.